The van der Waals surface area contributed by atoms with Gasteiger partial charge in [-0.3, -0.25) is 10.1 Å². The van der Waals surface area contributed by atoms with Crippen molar-refractivity contribution in [1.29, 1.82) is 0 Å². The van der Waals surface area contributed by atoms with Crippen molar-refractivity contribution >= 4 is 11.4 Å². The third kappa shape index (κ3) is 1.72. The van der Waals surface area contributed by atoms with Crippen LogP contribution in [0.3, 0.4) is 0 Å². The van der Waals surface area contributed by atoms with Crippen LogP contribution in [0, 0.1) is 10.1 Å². The molecule has 80 valence electrons. The first-order valence-electron chi connectivity index (χ1n) is 4.81. The Kier molecular flexibility index (Phi) is 2.45. The molecule has 1 heterocycles. The van der Waals surface area contributed by atoms with E-state index in [1.54, 1.807) is 12.1 Å². The molecule has 0 aromatic heterocycles. The van der Waals surface area contributed by atoms with Crippen molar-refractivity contribution in [2.24, 2.45) is 0 Å². The number of anilines is 1. The van der Waals surface area contributed by atoms with E-state index in [9.17, 15) is 10.1 Å². The number of nitrogens with one attached hydrogen (secondary N) is 1. The summed E-state index contributed by atoms with van der Waals surface area (Å²) in [4.78, 5) is 10.3. The highest BCUT2D eigenvalue weighted by Crippen LogP contribution is 2.34. The number of nitro benzene ring substituents is 1. The van der Waals surface area contributed by atoms with E-state index in [-0.39, 0.29) is 5.69 Å². The van der Waals surface area contributed by atoms with Gasteiger partial charge in [0, 0.05) is 18.3 Å². The van der Waals surface area contributed by atoms with E-state index in [0.29, 0.717) is 5.75 Å². The maximum absolute atomic E-state index is 10.8. The Bertz CT molecular complexity index is 404. The Balaban J connectivity index is 2.51. The molecule has 1 aromatic carbocycles. The van der Waals surface area contributed by atoms with E-state index >= 15 is 0 Å². The molecule has 0 saturated carbocycles. The fourth-order valence-electron chi connectivity index (χ4n) is 1.79. The zero-order valence-corrected chi connectivity index (χ0v) is 8.45. The first kappa shape index (κ1) is 9.76. The molecule has 0 fully saturated rings. The van der Waals surface area contributed by atoms with Crippen LogP contribution in [-0.4, -0.2) is 18.6 Å². The van der Waals surface area contributed by atoms with E-state index in [2.05, 4.69) is 5.32 Å². The Morgan fingerprint density at radius 1 is 1.53 bits per heavy atom. The number of methoxy groups -OCH3 is 1. The van der Waals surface area contributed by atoms with Crippen molar-refractivity contribution in [3.8, 4) is 5.75 Å². The summed E-state index contributed by atoms with van der Waals surface area (Å²) < 4.78 is 5.00. The number of fused-ring (bicyclic) bond motifs is 1. The summed E-state index contributed by atoms with van der Waals surface area (Å²) >= 11 is 0. The number of aryl methyl sites for hydroxylation is 1. The molecule has 0 saturated heterocycles. The van der Waals surface area contributed by atoms with Crippen molar-refractivity contribution in [1.82, 2.24) is 0 Å². The van der Waals surface area contributed by atoms with Crippen LogP contribution in [0.2, 0.25) is 0 Å². The van der Waals surface area contributed by atoms with Crippen LogP contribution in [0.5, 0.6) is 5.75 Å². The van der Waals surface area contributed by atoms with Gasteiger partial charge in [-0.15, -0.1) is 0 Å². The molecule has 0 amide bonds. The Labute approximate surface area is 87.2 Å². The second-order valence-electron chi connectivity index (χ2n) is 3.47. The van der Waals surface area contributed by atoms with Gasteiger partial charge in [-0.25, -0.2) is 0 Å². The van der Waals surface area contributed by atoms with Crippen LogP contribution in [-0.2, 0) is 6.42 Å². The maximum atomic E-state index is 10.8. The highest BCUT2D eigenvalue weighted by Gasteiger charge is 2.20. The second-order valence-corrected chi connectivity index (χ2v) is 3.47. The van der Waals surface area contributed by atoms with E-state index < -0.39 is 4.92 Å². The van der Waals surface area contributed by atoms with Crippen LogP contribution in [0.25, 0.3) is 0 Å². The van der Waals surface area contributed by atoms with Crippen LogP contribution in [0.1, 0.15) is 12.0 Å². The molecule has 0 spiro atoms. The summed E-state index contributed by atoms with van der Waals surface area (Å²) in [5.74, 6) is 0.336. The smallest absolute Gasteiger partial charge is 0.312 e. The molecule has 2 rings (SSSR count). The van der Waals surface area contributed by atoms with Crippen molar-refractivity contribution in [2.75, 3.05) is 19.0 Å². The van der Waals surface area contributed by atoms with Gasteiger partial charge in [0.25, 0.3) is 0 Å². The molecule has 0 atom stereocenters. The fourth-order valence-corrected chi connectivity index (χ4v) is 1.79. The van der Waals surface area contributed by atoms with Crippen molar-refractivity contribution in [2.45, 2.75) is 12.8 Å². The van der Waals surface area contributed by atoms with Crippen LogP contribution in [0.4, 0.5) is 11.4 Å². The Hall–Kier alpha value is -1.78. The molecule has 0 bridgehead atoms. The summed E-state index contributed by atoms with van der Waals surface area (Å²) in [7, 11) is 1.45. The van der Waals surface area contributed by atoms with E-state index in [1.807, 2.05) is 0 Å². The normalized spacial score (nSPS) is 13.9. The largest absolute Gasteiger partial charge is 0.490 e. The van der Waals surface area contributed by atoms with Crippen molar-refractivity contribution in [3.63, 3.8) is 0 Å². The molecule has 0 unspecified atom stereocenters. The summed E-state index contributed by atoms with van der Waals surface area (Å²) in [5.41, 5.74) is 1.96. The Morgan fingerprint density at radius 2 is 2.33 bits per heavy atom. The Morgan fingerprint density at radius 3 is 3.00 bits per heavy atom. The average Bonchev–Trinajstić information content (AvgIpc) is 2.27. The predicted molar refractivity (Wildman–Crippen MR) is 56.5 cm³/mol. The molecule has 5 heteroatoms. The highest BCUT2D eigenvalue weighted by atomic mass is 16.6. The minimum absolute atomic E-state index is 0.0191. The lowest BCUT2D eigenvalue weighted by Crippen LogP contribution is -2.12. The lowest BCUT2D eigenvalue weighted by Gasteiger charge is -2.18. The molecule has 15 heavy (non-hydrogen) atoms. The summed E-state index contributed by atoms with van der Waals surface area (Å²) in [6, 6.07) is 3.30. The maximum Gasteiger partial charge on any atom is 0.312 e. The van der Waals surface area contributed by atoms with E-state index in [1.165, 1.54) is 7.11 Å². The second kappa shape index (κ2) is 3.76. The monoisotopic (exact) mass is 208 g/mol. The van der Waals surface area contributed by atoms with Gasteiger partial charge in [-0.2, -0.15) is 0 Å². The molecule has 1 aliphatic heterocycles. The summed E-state index contributed by atoms with van der Waals surface area (Å²) in [6.07, 6.45) is 1.99. The minimum atomic E-state index is -0.421. The standard InChI is InChI=1S/C10H12N2O3/c1-15-10-5-7-3-2-4-11-8(7)6-9(10)12(13)14/h5-6,11H,2-4H2,1H3. The number of nitrogens with zero attached hydrogens (tertiary/aromatic N) is 1. The average molecular weight is 208 g/mol. The molecular formula is C10H12N2O3. The molecular weight excluding hydrogens is 196 g/mol. The first-order chi connectivity index (χ1) is 7.22. The topological polar surface area (TPSA) is 64.4 Å². The van der Waals surface area contributed by atoms with Gasteiger partial charge in [-0.05, 0) is 24.5 Å². The highest BCUT2D eigenvalue weighted by molar-refractivity contribution is 5.64. The number of hydrogen-bond donors (Lipinski definition) is 1. The molecule has 0 radical (unpaired) electrons. The zero-order valence-electron chi connectivity index (χ0n) is 8.45. The van der Waals surface area contributed by atoms with Gasteiger partial charge < -0.3 is 10.1 Å². The van der Waals surface area contributed by atoms with Gasteiger partial charge in [0.15, 0.2) is 5.75 Å². The molecule has 0 aliphatic carbocycles. The van der Waals surface area contributed by atoms with Crippen LogP contribution < -0.4 is 10.1 Å². The molecule has 5 nitrogen and oxygen atoms in total. The molecule has 1 aromatic rings. The third-order valence-electron chi connectivity index (χ3n) is 2.54. The lowest BCUT2D eigenvalue weighted by molar-refractivity contribution is -0.385. The van der Waals surface area contributed by atoms with Crippen molar-refractivity contribution in [3.05, 3.63) is 27.8 Å². The summed E-state index contributed by atoms with van der Waals surface area (Å²) in [6.45, 7) is 0.872. The van der Waals surface area contributed by atoms with E-state index in [4.69, 9.17) is 4.74 Å². The van der Waals surface area contributed by atoms with Gasteiger partial charge in [0.1, 0.15) is 0 Å². The molecule has 1 aliphatic rings. The quantitative estimate of drug-likeness (QED) is 0.596. The van der Waals surface area contributed by atoms with E-state index in [0.717, 1.165) is 30.6 Å². The number of benzene rings is 1. The number of rotatable bonds is 2. The number of nitro groups is 1. The summed E-state index contributed by atoms with van der Waals surface area (Å²) in [5, 5.41) is 13.9. The third-order valence-corrected chi connectivity index (χ3v) is 2.54. The number of hydrogen-bond acceptors (Lipinski definition) is 4. The lowest BCUT2D eigenvalue weighted by atomic mass is 10.0. The van der Waals surface area contributed by atoms with Gasteiger partial charge >= 0.3 is 5.69 Å². The molecule has 1 N–H and O–H groups in total. The van der Waals surface area contributed by atoms with Gasteiger partial charge in [-0.1, -0.05) is 0 Å². The van der Waals surface area contributed by atoms with Crippen molar-refractivity contribution < 1.29 is 9.66 Å². The fraction of sp³-hybridized carbons (Fsp3) is 0.400. The SMILES string of the molecule is COc1cc2c(cc1[N+](=O)[O-])NCCC2. The first-order valence-corrected chi connectivity index (χ1v) is 4.81. The minimum Gasteiger partial charge on any atom is -0.490 e. The number of ether oxygens (including phenoxy) is 1. The van der Waals surface area contributed by atoms with Gasteiger partial charge in [0.2, 0.25) is 0 Å². The predicted octanol–water partition coefficient (Wildman–Crippen LogP) is 1.96. The van der Waals surface area contributed by atoms with Crippen LogP contribution in [0.15, 0.2) is 12.1 Å². The van der Waals surface area contributed by atoms with Crippen LogP contribution >= 0.6 is 0 Å². The van der Waals surface area contributed by atoms with Gasteiger partial charge in [0.05, 0.1) is 12.0 Å². The zero-order chi connectivity index (χ0) is 10.8.